The van der Waals surface area contributed by atoms with Crippen LogP contribution in [0.5, 0.6) is 5.75 Å². The van der Waals surface area contributed by atoms with E-state index in [0.29, 0.717) is 24.6 Å². The molecule has 0 radical (unpaired) electrons. The number of thioether (sulfide) groups is 1. The summed E-state index contributed by atoms with van der Waals surface area (Å²) in [6.45, 7) is 2.41. The average molecular weight is 322 g/mol. The Bertz CT molecular complexity index is 536. The highest BCUT2D eigenvalue weighted by Crippen LogP contribution is 2.22. The average Bonchev–Trinajstić information content (AvgIpc) is 3.03. The molecular formula is C16H22N2O3S. The molecule has 120 valence electrons. The molecule has 0 bridgehead atoms. The zero-order valence-corrected chi connectivity index (χ0v) is 13.8. The Morgan fingerprint density at radius 2 is 2.27 bits per heavy atom. The Morgan fingerprint density at radius 3 is 3.00 bits per heavy atom. The lowest BCUT2D eigenvalue weighted by Crippen LogP contribution is -2.46. The van der Waals surface area contributed by atoms with Crippen LogP contribution in [0, 0.1) is 0 Å². The van der Waals surface area contributed by atoms with Crippen LogP contribution in [0.3, 0.4) is 0 Å². The van der Waals surface area contributed by atoms with Gasteiger partial charge < -0.3 is 15.0 Å². The molecule has 1 N–H and O–H groups in total. The van der Waals surface area contributed by atoms with E-state index in [0.717, 1.165) is 17.7 Å². The van der Waals surface area contributed by atoms with Gasteiger partial charge in [-0.25, -0.2) is 0 Å². The summed E-state index contributed by atoms with van der Waals surface area (Å²) in [6, 6.07) is 7.23. The van der Waals surface area contributed by atoms with Crippen LogP contribution in [-0.2, 0) is 16.1 Å². The van der Waals surface area contributed by atoms with Crippen LogP contribution >= 0.6 is 11.8 Å². The third kappa shape index (κ3) is 4.16. The number of nitrogens with one attached hydrogen (secondary N) is 1. The summed E-state index contributed by atoms with van der Waals surface area (Å²) in [5.74, 6) is 2.02. The highest BCUT2D eigenvalue weighted by Gasteiger charge is 2.33. The van der Waals surface area contributed by atoms with Gasteiger partial charge in [0.25, 0.3) is 0 Å². The van der Waals surface area contributed by atoms with E-state index in [4.69, 9.17) is 4.74 Å². The lowest BCUT2D eigenvalue weighted by atomic mass is 10.2. The molecule has 1 atom stereocenters. The van der Waals surface area contributed by atoms with Gasteiger partial charge in [0, 0.05) is 18.7 Å². The van der Waals surface area contributed by atoms with Crippen LogP contribution in [0.15, 0.2) is 24.3 Å². The third-order valence-electron chi connectivity index (χ3n) is 3.57. The zero-order chi connectivity index (χ0) is 15.9. The molecule has 1 aromatic rings. The number of amides is 2. The van der Waals surface area contributed by atoms with Gasteiger partial charge in [-0.15, -0.1) is 11.8 Å². The summed E-state index contributed by atoms with van der Waals surface area (Å²) < 4.78 is 5.17. The number of benzene rings is 1. The number of hydrogen-bond donors (Lipinski definition) is 1. The Kier molecular flexibility index (Phi) is 6.12. The second-order valence-corrected chi connectivity index (χ2v) is 6.20. The molecule has 0 spiro atoms. The summed E-state index contributed by atoms with van der Waals surface area (Å²) >= 11 is 1.62. The summed E-state index contributed by atoms with van der Waals surface area (Å²) in [4.78, 5) is 26.1. The van der Waals surface area contributed by atoms with Crippen LogP contribution in [0.2, 0.25) is 0 Å². The number of ether oxygens (including phenoxy) is 1. The molecular weight excluding hydrogens is 300 g/mol. The van der Waals surface area contributed by atoms with Gasteiger partial charge in [-0.1, -0.05) is 19.1 Å². The summed E-state index contributed by atoms with van der Waals surface area (Å²) in [5, 5.41) is 2.92. The van der Waals surface area contributed by atoms with Gasteiger partial charge in [0.2, 0.25) is 11.8 Å². The minimum Gasteiger partial charge on any atom is -0.497 e. The first-order chi connectivity index (χ1) is 10.7. The largest absolute Gasteiger partial charge is 0.497 e. The fraction of sp³-hybridized carbons (Fsp3) is 0.500. The van der Waals surface area contributed by atoms with E-state index in [-0.39, 0.29) is 17.9 Å². The number of carbonyl (C=O) groups excluding carboxylic acids is 2. The maximum absolute atomic E-state index is 12.3. The van der Waals surface area contributed by atoms with Crippen molar-refractivity contribution >= 4 is 23.6 Å². The lowest BCUT2D eigenvalue weighted by Gasteiger charge is -2.23. The van der Waals surface area contributed by atoms with Crippen LogP contribution < -0.4 is 10.1 Å². The molecule has 1 aromatic carbocycles. The van der Waals surface area contributed by atoms with Crippen molar-refractivity contribution in [2.24, 2.45) is 0 Å². The topological polar surface area (TPSA) is 58.6 Å². The first-order valence-electron chi connectivity index (χ1n) is 7.43. The molecule has 22 heavy (non-hydrogen) atoms. The van der Waals surface area contributed by atoms with Gasteiger partial charge >= 0.3 is 0 Å². The summed E-state index contributed by atoms with van der Waals surface area (Å²) in [5.41, 5.74) is 0.977. The quantitative estimate of drug-likeness (QED) is 0.870. The van der Waals surface area contributed by atoms with Crippen LogP contribution in [0.25, 0.3) is 0 Å². The minimum absolute atomic E-state index is 0.0639. The van der Waals surface area contributed by atoms with E-state index in [9.17, 15) is 9.59 Å². The molecule has 1 fully saturated rings. The monoisotopic (exact) mass is 322 g/mol. The van der Waals surface area contributed by atoms with Crippen LogP contribution in [0.1, 0.15) is 25.3 Å². The van der Waals surface area contributed by atoms with Gasteiger partial charge in [0.15, 0.2) is 0 Å². The molecule has 2 rings (SSSR count). The van der Waals surface area contributed by atoms with Gasteiger partial charge in [-0.3, -0.25) is 9.59 Å². The first-order valence-corrected chi connectivity index (χ1v) is 8.59. The SMILES string of the molecule is CCCC(=O)N1CSC[C@@H]1C(=O)NCc1cccc(OC)c1. The van der Waals surface area contributed by atoms with Gasteiger partial charge in [-0.05, 0) is 24.1 Å². The fourth-order valence-corrected chi connectivity index (χ4v) is 3.53. The smallest absolute Gasteiger partial charge is 0.243 e. The zero-order valence-electron chi connectivity index (χ0n) is 13.0. The highest BCUT2D eigenvalue weighted by atomic mass is 32.2. The molecule has 0 aromatic heterocycles. The summed E-state index contributed by atoms with van der Waals surface area (Å²) in [7, 11) is 1.62. The minimum atomic E-state index is -0.352. The molecule has 0 aliphatic carbocycles. The second kappa shape index (κ2) is 8.08. The Labute approximate surface area is 135 Å². The van der Waals surface area contributed by atoms with E-state index in [1.54, 1.807) is 23.8 Å². The fourth-order valence-electron chi connectivity index (χ4n) is 2.35. The predicted molar refractivity (Wildman–Crippen MR) is 87.7 cm³/mol. The molecule has 1 heterocycles. The lowest BCUT2D eigenvalue weighted by molar-refractivity contribution is -0.138. The summed E-state index contributed by atoms with van der Waals surface area (Å²) in [6.07, 6.45) is 1.30. The van der Waals surface area contributed by atoms with Crippen molar-refractivity contribution in [3.8, 4) is 5.75 Å². The van der Waals surface area contributed by atoms with E-state index in [1.807, 2.05) is 31.2 Å². The second-order valence-electron chi connectivity index (χ2n) is 5.20. The number of hydrogen-bond acceptors (Lipinski definition) is 4. The van der Waals surface area contributed by atoms with Crippen molar-refractivity contribution in [2.75, 3.05) is 18.7 Å². The highest BCUT2D eigenvalue weighted by molar-refractivity contribution is 7.99. The number of rotatable bonds is 6. The molecule has 6 heteroatoms. The van der Waals surface area contributed by atoms with Crippen molar-refractivity contribution in [1.29, 1.82) is 0 Å². The molecule has 0 unspecified atom stereocenters. The molecule has 1 saturated heterocycles. The Hall–Kier alpha value is -1.69. The van der Waals surface area contributed by atoms with Crippen LogP contribution in [-0.4, -0.2) is 41.5 Å². The predicted octanol–water partition coefficient (Wildman–Crippen LogP) is 2.01. The van der Waals surface area contributed by atoms with Gasteiger partial charge in [0.1, 0.15) is 11.8 Å². The van der Waals surface area contributed by atoms with Gasteiger partial charge in [-0.2, -0.15) is 0 Å². The normalized spacial score (nSPS) is 17.4. The van der Waals surface area contributed by atoms with Crippen molar-refractivity contribution in [1.82, 2.24) is 10.2 Å². The molecule has 5 nitrogen and oxygen atoms in total. The standard InChI is InChI=1S/C16H22N2O3S/c1-3-5-15(19)18-11-22-10-14(18)16(20)17-9-12-6-4-7-13(8-12)21-2/h4,6-8,14H,3,5,9-11H2,1-2H3,(H,17,20)/t14-/m1/s1. The van der Waals surface area contributed by atoms with E-state index in [1.165, 1.54) is 0 Å². The third-order valence-corrected chi connectivity index (χ3v) is 4.58. The molecule has 1 aliphatic heterocycles. The number of nitrogens with zero attached hydrogens (tertiary/aromatic N) is 1. The molecule has 0 saturated carbocycles. The van der Waals surface area contributed by atoms with Gasteiger partial charge in [0.05, 0.1) is 13.0 Å². The van der Waals surface area contributed by atoms with Crippen molar-refractivity contribution in [3.63, 3.8) is 0 Å². The number of carbonyl (C=O) groups is 2. The van der Waals surface area contributed by atoms with Crippen molar-refractivity contribution in [3.05, 3.63) is 29.8 Å². The van der Waals surface area contributed by atoms with E-state index >= 15 is 0 Å². The van der Waals surface area contributed by atoms with Crippen molar-refractivity contribution < 1.29 is 14.3 Å². The first kappa shape index (κ1) is 16.7. The van der Waals surface area contributed by atoms with E-state index < -0.39 is 0 Å². The van der Waals surface area contributed by atoms with Crippen LogP contribution in [0.4, 0.5) is 0 Å². The molecule has 2 amide bonds. The van der Waals surface area contributed by atoms with E-state index in [2.05, 4.69) is 5.32 Å². The number of methoxy groups -OCH3 is 1. The maximum atomic E-state index is 12.3. The Morgan fingerprint density at radius 1 is 1.45 bits per heavy atom. The Balaban J connectivity index is 1.92. The maximum Gasteiger partial charge on any atom is 0.243 e. The van der Waals surface area contributed by atoms with Crippen molar-refractivity contribution in [2.45, 2.75) is 32.4 Å². The molecule has 1 aliphatic rings.